The molecule has 2 aliphatic rings. The summed E-state index contributed by atoms with van der Waals surface area (Å²) in [6, 6.07) is 0.640. The lowest BCUT2D eigenvalue weighted by Gasteiger charge is -2.38. The molecule has 2 rings (SSSR count). The maximum atomic E-state index is 6.18. The molecule has 0 aromatic carbocycles. The lowest BCUT2D eigenvalue weighted by molar-refractivity contribution is 0.00715. The summed E-state index contributed by atoms with van der Waals surface area (Å²) >= 11 is 14.2. The molecule has 0 atom stereocenters. The Morgan fingerprint density at radius 2 is 1.32 bits per heavy atom. The summed E-state index contributed by atoms with van der Waals surface area (Å²) in [7, 11) is -2.78. The Morgan fingerprint density at radius 3 is 1.84 bits per heavy atom. The Kier molecular flexibility index (Phi) is 13.3. The molecule has 4 nitrogen and oxygen atoms in total. The van der Waals surface area contributed by atoms with Gasteiger partial charge in [-0.25, -0.2) is 14.0 Å². The highest BCUT2D eigenvalue weighted by Crippen LogP contribution is 2.41. The number of rotatable bonds is 13. The number of hydrogen-bond donors (Lipinski definition) is 0. The van der Waals surface area contributed by atoms with E-state index in [2.05, 4.69) is 36.4 Å². The van der Waals surface area contributed by atoms with Gasteiger partial charge < -0.3 is 4.74 Å². The summed E-state index contributed by atoms with van der Waals surface area (Å²) in [5.41, 5.74) is 0. The molecule has 0 aromatic heterocycles. The maximum Gasteiger partial charge on any atom is 0.461 e. The predicted molar refractivity (Wildman–Crippen MR) is 142 cm³/mol. The van der Waals surface area contributed by atoms with Crippen molar-refractivity contribution >= 4 is 60.7 Å². The summed E-state index contributed by atoms with van der Waals surface area (Å²) in [6.45, 7) is 2.98. The van der Waals surface area contributed by atoms with E-state index in [1.54, 1.807) is 0 Å². The van der Waals surface area contributed by atoms with Crippen LogP contribution >= 0.6 is 36.7 Å². The van der Waals surface area contributed by atoms with Gasteiger partial charge in [-0.15, -0.1) is 0 Å². The fraction of sp³-hybridized carbons (Fsp3) is 0.870. The van der Waals surface area contributed by atoms with Crippen molar-refractivity contribution in [2.45, 2.75) is 103 Å². The molecule has 0 heterocycles. The van der Waals surface area contributed by atoms with Crippen molar-refractivity contribution in [3.05, 3.63) is 0 Å². The summed E-state index contributed by atoms with van der Waals surface area (Å²) in [5.74, 6) is 2.88. The van der Waals surface area contributed by atoms with E-state index in [0.717, 1.165) is 24.2 Å². The minimum atomic E-state index is -2.78. The molecule has 172 valence electrons. The summed E-state index contributed by atoms with van der Waals surface area (Å²) in [5, 5.41) is 7.17. The average Bonchev–Trinajstić information content (AvgIpc) is 2.78. The molecule has 0 aromatic rings. The van der Waals surface area contributed by atoms with Gasteiger partial charge in [-0.3, -0.25) is 0 Å². The van der Waals surface area contributed by atoms with Crippen molar-refractivity contribution in [2.75, 3.05) is 6.61 Å². The monoisotopic (exact) mass is 495 g/mol. The zero-order chi connectivity index (χ0) is 22.4. The molecule has 0 amide bonds. The normalized spacial score (nSPS) is 27.8. The van der Waals surface area contributed by atoms with E-state index in [1.807, 2.05) is 0 Å². The number of ether oxygens (including phenoxy) is 1. The summed E-state index contributed by atoms with van der Waals surface area (Å²) in [6.07, 6.45) is 17.7. The van der Waals surface area contributed by atoms with E-state index in [4.69, 9.17) is 41.4 Å². The lowest BCUT2D eigenvalue weighted by atomic mass is 9.70. The molecule has 0 radical (unpaired) electrons. The molecule has 0 N–H and O–H groups in total. The van der Waals surface area contributed by atoms with Crippen LogP contribution in [0.15, 0.2) is 14.0 Å². The fourth-order valence-electron chi connectivity index (χ4n) is 5.38. The van der Waals surface area contributed by atoms with Crippen molar-refractivity contribution < 1.29 is 4.74 Å². The molecule has 2 saturated carbocycles. The predicted octanol–water partition coefficient (Wildman–Crippen LogP) is 7.59. The highest BCUT2D eigenvalue weighted by molar-refractivity contribution is 7.78. The van der Waals surface area contributed by atoms with Crippen LogP contribution in [-0.2, 0) is 4.74 Å². The van der Waals surface area contributed by atoms with Gasteiger partial charge in [0.15, 0.2) is 0 Å². The van der Waals surface area contributed by atoms with Crippen LogP contribution in [0.4, 0.5) is 0 Å². The minimum absolute atomic E-state index is 0.384. The van der Waals surface area contributed by atoms with Crippen LogP contribution in [0.1, 0.15) is 90.4 Å². The van der Waals surface area contributed by atoms with Crippen molar-refractivity contribution in [1.82, 2.24) is 0 Å². The van der Waals surface area contributed by atoms with Gasteiger partial charge in [-0.2, -0.15) is 0 Å². The van der Waals surface area contributed by atoms with Gasteiger partial charge in [0.2, 0.25) is 0 Å². The second-order valence-electron chi connectivity index (χ2n) is 9.17. The number of nitrogens with zero attached hydrogens (tertiary/aromatic N) is 3. The van der Waals surface area contributed by atoms with E-state index in [1.165, 1.54) is 77.0 Å². The Morgan fingerprint density at radius 1 is 0.774 bits per heavy atom. The second kappa shape index (κ2) is 15.4. The quantitative estimate of drug-likeness (QED) is 0.114. The molecule has 0 unspecified atom stereocenters. The van der Waals surface area contributed by atoms with Crippen LogP contribution in [-0.4, -0.2) is 36.8 Å². The van der Waals surface area contributed by atoms with Crippen molar-refractivity contribution in [1.29, 1.82) is 0 Å². The summed E-state index contributed by atoms with van der Waals surface area (Å²) in [4.78, 5) is 0. The van der Waals surface area contributed by atoms with Crippen molar-refractivity contribution in [3.8, 4) is 0 Å². The Hall–Kier alpha value is -0.423. The third kappa shape index (κ3) is 9.53. The van der Waals surface area contributed by atoms with E-state index < -0.39 is 8.56 Å². The number of thiocarbonyl (C=S) groups is 3. The molecule has 2 aliphatic carbocycles. The fourth-order valence-corrected chi connectivity index (χ4v) is 8.24. The first kappa shape index (κ1) is 26.8. The second-order valence-corrected chi connectivity index (χ2v) is 12.4. The van der Waals surface area contributed by atoms with Gasteiger partial charge in [0.1, 0.15) is 0 Å². The van der Waals surface area contributed by atoms with Crippen LogP contribution in [0, 0.1) is 17.8 Å². The van der Waals surface area contributed by atoms with Crippen LogP contribution < -0.4 is 0 Å². The van der Waals surface area contributed by atoms with Crippen LogP contribution in [0.25, 0.3) is 0 Å². The van der Waals surface area contributed by atoms with Crippen molar-refractivity contribution in [2.24, 2.45) is 31.7 Å². The third-order valence-electron chi connectivity index (χ3n) is 7.18. The number of hydrogen-bond acceptors (Lipinski definition) is 7. The zero-order valence-corrected chi connectivity index (χ0v) is 22.3. The average molecular weight is 496 g/mol. The van der Waals surface area contributed by atoms with Crippen LogP contribution in [0.2, 0.25) is 6.04 Å². The largest absolute Gasteiger partial charge is 0.461 e. The summed E-state index contributed by atoms with van der Waals surface area (Å²) < 4.78 is 18.7. The van der Waals surface area contributed by atoms with Crippen LogP contribution in [0.5, 0.6) is 0 Å². The SMILES string of the molecule is CCCCCC1CCC(C2CCC(OCCC[Si](N=C=S)(N=C=S)N=C=S)CC2)CC1. The van der Waals surface area contributed by atoms with E-state index in [9.17, 15) is 0 Å². The standard InChI is InChI=1S/C23H37N3OS3Si/c1-2-3-4-6-20-7-9-21(10-8-20)22-11-13-23(14-12-22)27-15-5-16-31(24-17-28,25-18-29)26-19-30/h20-23H,2-16H2,1H3. The first-order chi connectivity index (χ1) is 15.2. The topological polar surface area (TPSA) is 46.3 Å². The van der Waals surface area contributed by atoms with E-state index in [-0.39, 0.29) is 0 Å². The molecule has 0 aliphatic heterocycles. The molecule has 0 bridgehead atoms. The van der Waals surface area contributed by atoms with Gasteiger partial charge in [-0.1, -0.05) is 45.4 Å². The molecule has 0 spiro atoms. The van der Waals surface area contributed by atoms with Gasteiger partial charge in [0, 0.05) is 12.7 Å². The van der Waals surface area contributed by atoms with Gasteiger partial charge >= 0.3 is 8.56 Å². The molecule has 0 saturated heterocycles. The first-order valence-electron chi connectivity index (χ1n) is 12.0. The minimum Gasteiger partial charge on any atom is -0.378 e. The molecule has 31 heavy (non-hydrogen) atoms. The Labute approximate surface area is 205 Å². The van der Waals surface area contributed by atoms with Gasteiger partial charge in [-0.05, 0) is 99.4 Å². The Bertz CT molecular complexity index is 626. The molecule has 8 heteroatoms. The number of isothiocyanates is 3. The number of unbranched alkanes of at least 4 members (excludes halogenated alkanes) is 2. The first-order valence-corrected chi connectivity index (χ1v) is 15.3. The third-order valence-corrected chi connectivity index (χ3v) is 10.4. The van der Waals surface area contributed by atoms with Crippen molar-refractivity contribution in [3.63, 3.8) is 0 Å². The highest BCUT2D eigenvalue weighted by Gasteiger charge is 2.34. The molecular weight excluding hydrogens is 459 g/mol. The Balaban J connectivity index is 1.65. The van der Waals surface area contributed by atoms with Crippen LogP contribution in [0.3, 0.4) is 0 Å². The lowest BCUT2D eigenvalue weighted by Crippen LogP contribution is -2.30. The highest BCUT2D eigenvalue weighted by atomic mass is 32.1. The molecule has 2 fully saturated rings. The van der Waals surface area contributed by atoms with E-state index in [0.29, 0.717) is 18.8 Å². The van der Waals surface area contributed by atoms with E-state index >= 15 is 0 Å². The molecular formula is C23H37N3OS3Si. The van der Waals surface area contributed by atoms with Gasteiger partial charge in [0.05, 0.1) is 21.6 Å². The smallest absolute Gasteiger partial charge is 0.378 e. The zero-order valence-electron chi connectivity index (χ0n) is 18.9. The van der Waals surface area contributed by atoms with Gasteiger partial charge in [0.25, 0.3) is 0 Å². The maximum absolute atomic E-state index is 6.18.